The van der Waals surface area contributed by atoms with Gasteiger partial charge in [-0.25, -0.2) is 40.2 Å². The summed E-state index contributed by atoms with van der Waals surface area (Å²) in [6.45, 7) is 3.33. The molecule has 0 amide bonds. The van der Waals surface area contributed by atoms with Gasteiger partial charge in [-0.05, 0) is 56.4 Å². The van der Waals surface area contributed by atoms with E-state index in [9.17, 15) is 41.7 Å². The molecule has 8 rings (SSSR count). The van der Waals surface area contributed by atoms with Crippen molar-refractivity contribution in [2.24, 2.45) is 22.1 Å². The van der Waals surface area contributed by atoms with Crippen molar-refractivity contribution < 1.29 is 50.1 Å². The Kier molecular flexibility index (Phi) is 17.1. The number of carbonyl (C=O) groups is 2. The van der Waals surface area contributed by atoms with Crippen molar-refractivity contribution in [2.45, 2.75) is 76.3 Å². The molecule has 0 saturated heterocycles. The number of nitrogens with zero attached hydrogens (tertiary/aromatic N) is 6. The van der Waals surface area contributed by atoms with Crippen LogP contribution in [0.3, 0.4) is 0 Å². The zero-order chi connectivity index (χ0) is 50.3. The Balaban J connectivity index is 0.000000206. The van der Waals surface area contributed by atoms with E-state index in [0.717, 1.165) is 33.0 Å². The molecule has 70 heavy (non-hydrogen) atoms. The highest BCUT2D eigenvalue weighted by Crippen LogP contribution is 2.33. The quantitative estimate of drug-likeness (QED) is 0.0607. The van der Waals surface area contributed by atoms with Crippen molar-refractivity contribution in [1.82, 2.24) is 29.9 Å². The number of benzene rings is 2. The van der Waals surface area contributed by atoms with Gasteiger partial charge >= 0.3 is 20.6 Å². The molecular weight excluding hydrogens is 1010 g/mol. The Morgan fingerprint density at radius 2 is 1.39 bits per heavy atom. The number of halogens is 1. The van der Waals surface area contributed by atoms with Crippen LogP contribution in [0.2, 0.25) is 5.02 Å². The lowest BCUT2D eigenvalue weighted by Crippen LogP contribution is -2.36. The van der Waals surface area contributed by atoms with Crippen molar-refractivity contribution in [1.29, 1.82) is 0 Å². The van der Waals surface area contributed by atoms with Crippen LogP contribution in [0.5, 0.6) is 0 Å². The number of aliphatic hydroxyl groups excluding tert-OH is 3. The molecule has 7 atom stereocenters. The molecule has 4 heterocycles. The molecule has 2 saturated carbocycles. The van der Waals surface area contributed by atoms with Crippen molar-refractivity contribution in [3.8, 4) is 0 Å². The maximum Gasteiger partial charge on any atom is 0.333 e. The van der Waals surface area contributed by atoms with Crippen LogP contribution in [0.4, 0.5) is 11.6 Å². The van der Waals surface area contributed by atoms with E-state index in [0.29, 0.717) is 41.5 Å². The third kappa shape index (κ3) is 14.2. The molecule has 372 valence electrons. The molecule has 0 bridgehead atoms. The van der Waals surface area contributed by atoms with Crippen LogP contribution in [0.15, 0.2) is 79.0 Å². The molecule has 2 aliphatic rings. The first-order valence-corrected chi connectivity index (χ1v) is 26.5. The second-order valence-electron chi connectivity index (χ2n) is 16.8. The largest absolute Gasteiger partial charge is 0.393 e. The first kappa shape index (κ1) is 52.5. The normalized spacial score (nSPS) is 21.2. The fourth-order valence-corrected chi connectivity index (χ4v) is 10.7. The van der Waals surface area contributed by atoms with Crippen LogP contribution in [0.25, 0.3) is 0 Å². The molecule has 4 aromatic heterocycles. The van der Waals surface area contributed by atoms with E-state index in [1.54, 1.807) is 6.07 Å². The minimum absolute atomic E-state index is 0.160. The van der Waals surface area contributed by atoms with Crippen LogP contribution in [0, 0.1) is 25.7 Å². The minimum Gasteiger partial charge on any atom is -0.393 e. The molecule has 26 heteroatoms. The second kappa shape index (κ2) is 22.9. The van der Waals surface area contributed by atoms with Gasteiger partial charge < -0.3 is 26.0 Å². The van der Waals surface area contributed by atoms with Gasteiger partial charge in [0.2, 0.25) is 11.6 Å². The summed E-state index contributed by atoms with van der Waals surface area (Å²) < 4.78 is 53.4. The Bertz CT molecular complexity index is 3050. The number of aromatic nitrogens is 6. The fourth-order valence-electron chi connectivity index (χ4n) is 8.07. The van der Waals surface area contributed by atoms with Crippen LogP contribution < -0.4 is 20.9 Å². The third-order valence-electron chi connectivity index (χ3n) is 11.5. The van der Waals surface area contributed by atoms with Crippen LogP contribution in [-0.4, -0.2) is 117 Å². The topological polar surface area (TPSA) is 335 Å². The highest BCUT2D eigenvalue weighted by Gasteiger charge is 2.43. The Hall–Kier alpha value is -5.29. The summed E-state index contributed by atoms with van der Waals surface area (Å²) >= 11 is 8.60. The molecule has 6 aromatic rings. The van der Waals surface area contributed by atoms with Gasteiger partial charge in [0.1, 0.15) is 30.4 Å². The van der Waals surface area contributed by atoms with E-state index in [2.05, 4.69) is 55.0 Å². The number of nitrogens with two attached hydrogens (primary N) is 2. The molecule has 21 nitrogen and oxygen atoms in total. The molecular formula is C44H49ClN10O11S4. The zero-order valence-corrected chi connectivity index (χ0v) is 41.5. The van der Waals surface area contributed by atoms with Gasteiger partial charge in [0.25, 0.3) is 0 Å². The number of ketones is 2. The number of hydrogen-bond acceptors (Lipinski definition) is 21. The SMILES string of the molecule is Cc1cccc(Cc2csc(C(=O)c3cncnc3N[C@@H]3C[C@H](COS(N)(=O)=O)[C@@H](O)[C@H]3O)n2)c1.Cc1sc(C(=O)c2cncnc2N[C@@H]2C[C@H](COS(N)(=O)=O)[C@@H](O)C2)nc1Cc1cccc(Cl)c1. The van der Waals surface area contributed by atoms with Gasteiger partial charge in [-0.3, -0.25) is 18.0 Å². The summed E-state index contributed by atoms with van der Waals surface area (Å²) in [7, 11) is -8.27. The van der Waals surface area contributed by atoms with Crippen molar-refractivity contribution in [3.63, 3.8) is 0 Å². The number of carbonyl (C=O) groups excluding carboxylic acids is 2. The summed E-state index contributed by atoms with van der Waals surface area (Å²) in [4.78, 5) is 52.8. The molecule has 0 radical (unpaired) electrons. The summed E-state index contributed by atoms with van der Waals surface area (Å²) in [5.41, 5.74) is 5.21. The molecule has 0 unspecified atom stereocenters. The lowest BCUT2D eigenvalue weighted by Gasteiger charge is -2.19. The van der Waals surface area contributed by atoms with E-state index >= 15 is 0 Å². The minimum atomic E-state index is -4.18. The maximum atomic E-state index is 13.3. The first-order valence-electron chi connectivity index (χ1n) is 21.5. The van der Waals surface area contributed by atoms with E-state index in [1.807, 2.05) is 55.6 Å². The van der Waals surface area contributed by atoms with Crippen molar-refractivity contribution >= 4 is 78.1 Å². The zero-order valence-electron chi connectivity index (χ0n) is 37.5. The van der Waals surface area contributed by atoms with Crippen LogP contribution in [-0.2, 0) is 41.8 Å². The number of aryl methyl sites for hydroxylation is 2. The highest BCUT2D eigenvalue weighted by molar-refractivity contribution is 7.84. The number of rotatable bonds is 18. The average molecular weight is 1060 g/mol. The lowest BCUT2D eigenvalue weighted by atomic mass is 10.1. The second-order valence-corrected chi connectivity index (χ2v) is 21.7. The fraction of sp³-hybridized carbons (Fsp3) is 0.364. The van der Waals surface area contributed by atoms with Gasteiger partial charge in [-0.15, -0.1) is 22.7 Å². The van der Waals surface area contributed by atoms with E-state index in [-0.39, 0.29) is 59.2 Å². The maximum absolute atomic E-state index is 13.3. The van der Waals surface area contributed by atoms with Gasteiger partial charge in [0.05, 0.1) is 54.0 Å². The number of hydrogen-bond donors (Lipinski definition) is 7. The smallest absolute Gasteiger partial charge is 0.333 e. The van der Waals surface area contributed by atoms with Crippen LogP contribution >= 0.6 is 34.3 Å². The molecule has 0 aliphatic heterocycles. The Labute approximate surface area is 416 Å². The van der Waals surface area contributed by atoms with Crippen molar-refractivity contribution in [3.05, 3.63) is 138 Å². The molecule has 2 aromatic carbocycles. The molecule has 2 aliphatic carbocycles. The monoisotopic (exact) mass is 1060 g/mol. The van der Waals surface area contributed by atoms with E-state index in [4.69, 9.17) is 21.9 Å². The Morgan fingerprint density at radius 3 is 2.03 bits per heavy atom. The molecule has 0 spiro atoms. The van der Waals surface area contributed by atoms with Crippen molar-refractivity contribution in [2.75, 3.05) is 23.8 Å². The number of anilines is 2. The van der Waals surface area contributed by atoms with E-state index in [1.165, 1.54) is 47.7 Å². The summed E-state index contributed by atoms with van der Waals surface area (Å²) in [5, 5.41) is 50.0. The molecule has 2 fully saturated rings. The van der Waals surface area contributed by atoms with Gasteiger partial charge in [-0.2, -0.15) is 16.8 Å². The summed E-state index contributed by atoms with van der Waals surface area (Å²) in [5.74, 6) is -1.32. The standard InChI is InChI=1S/C22H24ClN5O5S2.C22H25N5O6S2/c1-12-18(6-13-3-2-4-15(23)5-13)28-22(34-12)20(30)17-9-25-11-26-21(17)27-16-7-14(19(29)8-16)10-33-35(24,31)32;1-12-3-2-4-13(5-12)6-15-10-34-22(26-15)19(29)16-8-24-11-25-21(16)27-17-7-14(18(28)20(17)30)9-33-35(23,31)32/h2-5,9,11,14,16,19,29H,6-8,10H2,1H3,(H2,24,31,32)(H,25,26,27);2-5,8,10-11,14,17-18,20,28,30H,6-7,9H2,1H3,(H2,23,31,32)(H,24,25,27)/t14-,16-,19+;14-,17-,18-,20+/m11/s1. The number of thiazole rings is 2. The van der Waals surface area contributed by atoms with Crippen LogP contribution in [0.1, 0.15) is 82.9 Å². The average Bonchev–Trinajstić information content (AvgIpc) is 4.08. The molecule has 9 N–H and O–H groups in total. The number of nitrogens with one attached hydrogen (secondary N) is 2. The first-order chi connectivity index (χ1) is 33.2. The van der Waals surface area contributed by atoms with E-state index < -0.39 is 56.8 Å². The summed E-state index contributed by atoms with van der Waals surface area (Å²) in [6, 6.07) is 14.6. The predicted molar refractivity (Wildman–Crippen MR) is 260 cm³/mol. The van der Waals surface area contributed by atoms with Gasteiger partial charge in [0.15, 0.2) is 10.0 Å². The van der Waals surface area contributed by atoms with Gasteiger partial charge in [0, 0.05) is 58.4 Å². The number of aliphatic hydroxyl groups is 3. The summed E-state index contributed by atoms with van der Waals surface area (Å²) in [6.07, 6.45) is 4.12. The third-order valence-corrected chi connectivity index (χ3v) is 14.6. The Morgan fingerprint density at radius 1 is 0.771 bits per heavy atom. The highest BCUT2D eigenvalue weighted by atomic mass is 35.5. The predicted octanol–water partition coefficient (Wildman–Crippen LogP) is 3.29. The van der Waals surface area contributed by atoms with Gasteiger partial charge in [-0.1, -0.05) is 53.6 Å². The lowest BCUT2D eigenvalue weighted by molar-refractivity contribution is 0.00778.